The van der Waals surface area contributed by atoms with Gasteiger partial charge in [0.25, 0.3) is 0 Å². The topological polar surface area (TPSA) is 55.8 Å². The predicted octanol–water partition coefficient (Wildman–Crippen LogP) is 2.85. The van der Waals surface area contributed by atoms with Crippen molar-refractivity contribution in [3.8, 4) is 5.75 Å². The highest BCUT2D eigenvalue weighted by Gasteiger charge is 2.34. The minimum atomic E-state index is -3.56. The van der Waals surface area contributed by atoms with Gasteiger partial charge in [-0.25, -0.2) is 8.42 Å². The molecule has 0 saturated carbocycles. The molecule has 1 heterocycles. The third-order valence-electron chi connectivity index (χ3n) is 4.10. The predicted molar refractivity (Wildman–Crippen MR) is 91.5 cm³/mol. The maximum absolute atomic E-state index is 12.9. The number of ether oxygens (including phenoxy) is 2. The van der Waals surface area contributed by atoms with Crippen molar-refractivity contribution in [3.63, 3.8) is 0 Å². The van der Waals surface area contributed by atoms with Crippen LogP contribution in [-0.4, -0.2) is 39.0 Å². The van der Waals surface area contributed by atoms with Crippen LogP contribution in [0.5, 0.6) is 5.75 Å². The second-order valence-electron chi connectivity index (χ2n) is 5.84. The van der Waals surface area contributed by atoms with Gasteiger partial charge in [-0.2, -0.15) is 4.31 Å². The molecule has 24 heavy (non-hydrogen) atoms. The van der Waals surface area contributed by atoms with Gasteiger partial charge in [-0.05, 0) is 36.8 Å². The van der Waals surface area contributed by atoms with Gasteiger partial charge >= 0.3 is 0 Å². The fraction of sp³-hybridized carbons (Fsp3) is 0.333. The molecular formula is C18H21NO4S. The highest BCUT2D eigenvalue weighted by molar-refractivity contribution is 7.89. The van der Waals surface area contributed by atoms with E-state index in [9.17, 15) is 8.42 Å². The third-order valence-corrected chi connectivity index (χ3v) is 5.94. The lowest BCUT2D eigenvalue weighted by Crippen LogP contribution is -2.45. The van der Waals surface area contributed by atoms with Gasteiger partial charge in [0, 0.05) is 13.1 Å². The molecule has 1 aliphatic heterocycles. The summed E-state index contributed by atoms with van der Waals surface area (Å²) in [5.41, 5.74) is 0.985. The van der Waals surface area contributed by atoms with Gasteiger partial charge in [0.2, 0.25) is 10.0 Å². The maximum atomic E-state index is 12.9. The van der Waals surface area contributed by atoms with Crippen LogP contribution in [0.15, 0.2) is 59.5 Å². The fourth-order valence-electron chi connectivity index (χ4n) is 2.86. The van der Waals surface area contributed by atoms with E-state index in [2.05, 4.69) is 0 Å². The van der Waals surface area contributed by atoms with Crippen molar-refractivity contribution in [2.75, 3.05) is 20.2 Å². The Hall–Kier alpha value is -1.89. The SMILES string of the molecule is COc1ccc(S(=O)(=O)N2CC(C)OC(c3ccccc3)C2)cc1. The zero-order chi connectivity index (χ0) is 17.2. The highest BCUT2D eigenvalue weighted by atomic mass is 32.2. The molecule has 0 aliphatic carbocycles. The minimum Gasteiger partial charge on any atom is -0.497 e. The number of rotatable bonds is 4. The monoisotopic (exact) mass is 347 g/mol. The van der Waals surface area contributed by atoms with Crippen LogP contribution in [0.2, 0.25) is 0 Å². The third kappa shape index (κ3) is 3.45. The Morgan fingerprint density at radius 2 is 1.71 bits per heavy atom. The van der Waals surface area contributed by atoms with Crippen LogP contribution in [0, 0.1) is 0 Å². The summed E-state index contributed by atoms with van der Waals surface area (Å²) in [5, 5.41) is 0. The lowest BCUT2D eigenvalue weighted by Gasteiger charge is -2.36. The fourth-order valence-corrected chi connectivity index (χ4v) is 4.37. The number of hydrogen-bond acceptors (Lipinski definition) is 4. The molecule has 0 aromatic heterocycles. The number of hydrogen-bond donors (Lipinski definition) is 0. The van der Waals surface area contributed by atoms with Crippen LogP contribution in [0.1, 0.15) is 18.6 Å². The molecular weight excluding hydrogens is 326 g/mol. The standard InChI is InChI=1S/C18H21NO4S/c1-14-12-19(13-18(23-14)15-6-4-3-5-7-15)24(20,21)17-10-8-16(22-2)9-11-17/h3-11,14,18H,12-13H2,1-2H3. The maximum Gasteiger partial charge on any atom is 0.243 e. The van der Waals surface area contributed by atoms with Gasteiger partial charge in [0.05, 0.1) is 24.2 Å². The summed E-state index contributed by atoms with van der Waals surface area (Å²) in [4.78, 5) is 0.268. The van der Waals surface area contributed by atoms with E-state index in [0.29, 0.717) is 18.8 Å². The van der Waals surface area contributed by atoms with Crippen LogP contribution >= 0.6 is 0 Å². The molecule has 1 aliphatic rings. The number of morpholine rings is 1. The van der Waals surface area contributed by atoms with Crippen molar-refractivity contribution in [1.82, 2.24) is 4.31 Å². The highest BCUT2D eigenvalue weighted by Crippen LogP contribution is 2.29. The summed E-state index contributed by atoms with van der Waals surface area (Å²) in [7, 11) is -2.01. The number of benzene rings is 2. The first-order valence-corrected chi connectivity index (χ1v) is 9.29. The van der Waals surface area contributed by atoms with Crippen molar-refractivity contribution in [3.05, 3.63) is 60.2 Å². The van der Waals surface area contributed by atoms with E-state index >= 15 is 0 Å². The van der Waals surface area contributed by atoms with E-state index in [-0.39, 0.29) is 17.1 Å². The molecule has 2 atom stereocenters. The molecule has 128 valence electrons. The van der Waals surface area contributed by atoms with Gasteiger partial charge in [0.1, 0.15) is 5.75 Å². The summed E-state index contributed by atoms with van der Waals surface area (Å²) in [6.07, 6.45) is -0.431. The average molecular weight is 347 g/mol. The largest absolute Gasteiger partial charge is 0.497 e. The second-order valence-corrected chi connectivity index (χ2v) is 7.78. The zero-order valence-electron chi connectivity index (χ0n) is 13.8. The van der Waals surface area contributed by atoms with E-state index in [4.69, 9.17) is 9.47 Å². The first-order chi connectivity index (χ1) is 11.5. The average Bonchev–Trinajstić information content (AvgIpc) is 2.62. The van der Waals surface area contributed by atoms with Crippen molar-refractivity contribution in [2.45, 2.75) is 24.0 Å². The van der Waals surface area contributed by atoms with Crippen molar-refractivity contribution < 1.29 is 17.9 Å². The first kappa shape index (κ1) is 17.0. The Morgan fingerprint density at radius 1 is 1.04 bits per heavy atom. The molecule has 0 bridgehead atoms. The number of sulfonamides is 1. The minimum absolute atomic E-state index is 0.169. The number of nitrogens with zero attached hydrogens (tertiary/aromatic N) is 1. The van der Waals surface area contributed by atoms with Crippen molar-refractivity contribution in [2.24, 2.45) is 0 Å². The van der Waals surface area contributed by atoms with E-state index < -0.39 is 10.0 Å². The summed E-state index contributed by atoms with van der Waals surface area (Å²) in [6, 6.07) is 16.2. The van der Waals surface area contributed by atoms with Crippen LogP contribution in [0.4, 0.5) is 0 Å². The van der Waals surface area contributed by atoms with Crippen LogP contribution in [0.25, 0.3) is 0 Å². The van der Waals surface area contributed by atoms with Gasteiger partial charge in [0.15, 0.2) is 0 Å². The molecule has 0 radical (unpaired) electrons. The first-order valence-electron chi connectivity index (χ1n) is 7.85. The van der Waals surface area contributed by atoms with Gasteiger partial charge in [-0.3, -0.25) is 0 Å². The Labute approximate surface area is 142 Å². The van der Waals surface area contributed by atoms with E-state index in [1.165, 1.54) is 4.31 Å². The molecule has 0 spiro atoms. The number of methoxy groups -OCH3 is 1. The van der Waals surface area contributed by atoms with Gasteiger partial charge in [-0.1, -0.05) is 30.3 Å². The summed E-state index contributed by atoms with van der Waals surface area (Å²) >= 11 is 0. The Bertz CT molecular complexity index is 774. The molecule has 2 aromatic carbocycles. The Morgan fingerprint density at radius 3 is 2.33 bits per heavy atom. The summed E-state index contributed by atoms with van der Waals surface area (Å²) < 4.78 is 38.4. The lowest BCUT2D eigenvalue weighted by atomic mass is 10.1. The van der Waals surface area contributed by atoms with Crippen LogP contribution in [-0.2, 0) is 14.8 Å². The summed E-state index contributed by atoms with van der Waals surface area (Å²) in [5.74, 6) is 0.631. The summed E-state index contributed by atoms with van der Waals surface area (Å²) in [6.45, 7) is 2.55. The van der Waals surface area contributed by atoms with Crippen LogP contribution < -0.4 is 4.74 Å². The smallest absolute Gasteiger partial charge is 0.243 e. The molecule has 6 heteroatoms. The van der Waals surface area contributed by atoms with E-state index in [1.54, 1.807) is 31.4 Å². The molecule has 5 nitrogen and oxygen atoms in total. The Kier molecular flexibility index (Phi) is 4.89. The van der Waals surface area contributed by atoms with Crippen molar-refractivity contribution >= 4 is 10.0 Å². The molecule has 0 amide bonds. The lowest BCUT2D eigenvalue weighted by molar-refractivity contribution is -0.0557. The van der Waals surface area contributed by atoms with Gasteiger partial charge < -0.3 is 9.47 Å². The van der Waals surface area contributed by atoms with Crippen LogP contribution in [0.3, 0.4) is 0 Å². The Balaban J connectivity index is 1.86. The molecule has 3 rings (SSSR count). The quantitative estimate of drug-likeness (QED) is 0.853. The van der Waals surface area contributed by atoms with Crippen molar-refractivity contribution in [1.29, 1.82) is 0 Å². The second kappa shape index (κ2) is 6.93. The molecule has 0 N–H and O–H groups in total. The molecule has 2 aromatic rings. The van der Waals surface area contributed by atoms with E-state index in [0.717, 1.165) is 5.56 Å². The van der Waals surface area contributed by atoms with Gasteiger partial charge in [-0.15, -0.1) is 0 Å². The van der Waals surface area contributed by atoms with E-state index in [1.807, 2.05) is 37.3 Å². The zero-order valence-corrected chi connectivity index (χ0v) is 14.6. The normalized spacial score (nSPS) is 22.2. The molecule has 1 saturated heterocycles. The molecule has 2 unspecified atom stereocenters. The molecule has 1 fully saturated rings.